The molecule has 0 aromatic heterocycles. The van der Waals surface area contributed by atoms with Crippen LogP contribution in [0.15, 0.2) is 0 Å². The van der Waals surface area contributed by atoms with Crippen molar-refractivity contribution in [1.82, 2.24) is 3.87 Å². The Morgan fingerprint density at radius 3 is 1.33 bits per heavy atom. The zero-order chi connectivity index (χ0) is 12.1. The maximum atomic E-state index is 9.13. The second-order valence-electron chi connectivity index (χ2n) is 3.22. The largest absolute Gasteiger partial charge is 0.553 e. The van der Waals surface area contributed by atoms with Crippen molar-refractivity contribution >= 4 is 32.1 Å². The SMILES string of the molecule is O=[C-]ON(S)S.[CH2-]C(C)C.[CH2-]C(C)C.[Zn]. The standard InChI is InChI=1S/2C4H9.CH2NO2S2.Zn/c2*1-4(2)3;3-1-4-2(5)6;/h2*4H,1H2,2-3H3;5-6H;/q3*-1;. The van der Waals surface area contributed by atoms with Crippen molar-refractivity contribution in [3.8, 4) is 0 Å². The minimum atomic E-state index is 0. The molecule has 0 atom stereocenters. The Hall–Kier alpha value is 0.753. The first-order valence-electron chi connectivity index (χ1n) is 4.12. The van der Waals surface area contributed by atoms with E-state index < -0.39 is 0 Å². The molecule has 0 rings (SSSR count). The van der Waals surface area contributed by atoms with Crippen LogP contribution in [0.4, 0.5) is 0 Å². The van der Waals surface area contributed by atoms with Crippen LogP contribution in [0.2, 0.25) is 0 Å². The predicted molar refractivity (Wildman–Crippen MR) is 67.0 cm³/mol. The van der Waals surface area contributed by atoms with Gasteiger partial charge in [0.15, 0.2) is 0 Å². The molecule has 0 aromatic carbocycles. The summed E-state index contributed by atoms with van der Waals surface area (Å²) in [6.07, 6.45) is 0. The van der Waals surface area contributed by atoms with E-state index in [1.165, 1.54) is 0 Å². The molecule has 15 heavy (non-hydrogen) atoms. The van der Waals surface area contributed by atoms with Crippen molar-refractivity contribution in [3.05, 3.63) is 13.8 Å². The van der Waals surface area contributed by atoms with Crippen molar-refractivity contribution in [2.45, 2.75) is 27.7 Å². The summed E-state index contributed by atoms with van der Waals surface area (Å²) in [7, 11) is 0. The first-order valence-corrected chi connectivity index (χ1v) is 4.92. The molecule has 90 valence electrons. The van der Waals surface area contributed by atoms with Gasteiger partial charge in [0.2, 0.25) is 0 Å². The molecule has 0 spiro atoms. The Balaban J connectivity index is -0.0000000606. The number of nitrogens with zero attached hydrogens (tertiary/aromatic N) is 1. The zero-order valence-corrected chi connectivity index (χ0v) is 14.7. The Bertz CT molecular complexity index is 103. The summed E-state index contributed by atoms with van der Waals surface area (Å²) in [6.45, 7) is 16.6. The average Bonchev–Trinajstić information content (AvgIpc) is 1.82. The fourth-order valence-electron chi connectivity index (χ4n) is 0.0333. The van der Waals surface area contributed by atoms with E-state index >= 15 is 0 Å². The van der Waals surface area contributed by atoms with Crippen molar-refractivity contribution in [2.75, 3.05) is 0 Å². The molecule has 0 fully saturated rings. The van der Waals surface area contributed by atoms with Crippen molar-refractivity contribution in [2.24, 2.45) is 11.8 Å². The topological polar surface area (TPSA) is 29.5 Å². The van der Waals surface area contributed by atoms with Crippen molar-refractivity contribution < 1.29 is 29.1 Å². The Morgan fingerprint density at radius 2 is 1.33 bits per heavy atom. The fraction of sp³-hybridized carbons (Fsp3) is 0.667. The van der Waals surface area contributed by atoms with Crippen LogP contribution < -0.4 is 0 Å². The summed E-state index contributed by atoms with van der Waals surface area (Å²) in [5.74, 6) is 1.17. The van der Waals surface area contributed by atoms with E-state index in [4.69, 9.17) is 4.79 Å². The van der Waals surface area contributed by atoms with E-state index in [9.17, 15) is 0 Å². The second kappa shape index (κ2) is 20.2. The monoisotopic (exact) mass is 302 g/mol. The van der Waals surface area contributed by atoms with Gasteiger partial charge in [-0.2, -0.15) is 11.8 Å². The van der Waals surface area contributed by atoms with Gasteiger partial charge in [0.05, 0.1) is 0 Å². The van der Waals surface area contributed by atoms with Crippen LogP contribution in [0.25, 0.3) is 0 Å². The summed E-state index contributed by atoms with van der Waals surface area (Å²) in [4.78, 5) is 12.9. The first kappa shape index (κ1) is 24.8. The molecule has 0 aliphatic heterocycles. The van der Waals surface area contributed by atoms with E-state index in [0.717, 1.165) is 6.47 Å². The minimum absolute atomic E-state index is 0. The molecular formula is C9H20NO2S2Zn-3. The summed E-state index contributed by atoms with van der Waals surface area (Å²) in [5.41, 5.74) is 0. The molecule has 0 aliphatic carbocycles. The van der Waals surface area contributed by atoms with Crippen LogP contribution in [0, 0.1) is 25.7 Å². The Morgan fingerprint density at radius 1 is 1.13 bits per heavy atom. The molecule has 0 heterocycles. The molecule has 0 saturated heterocycles. The third-order valence-electron chi connectivity index (χ3n) is 0.119. The third-order valence-corrected chi connectivity index (χ3v) is 0.282. The van der Waals surface area contributed by atoms with Gasteiger partial charge >= 0.3 is 0 Å². The van der Waals surface area contributed by atoms with Crippen molar-refractivity contribution in [3.63, 3.8) is 0 Å². The van der Waals surface area contributed by atoms with Crippen LogP contribution in [0.1, 0.15) is 27.7 Å². The fourth-order valence-corrected chi connectivity index (χ4v) is 0.100. The first-order chi connectivity index (χ1) is 6.23. The quantitative estimate of drug-likeness (QED) is 0.356. The van der Waals surface area contributed by atoms with Gasteiger partial charge in [-0.25, -0.2) is 0 Å². The van der Waals surface area contributed by atoms with E-state index in [1.807, 2.05) is 0 Å². The van der Waals surface area contributed by atoms with Gasteiger partial charge in [-0.05, 0) is 32.1 Å². The number of thiol groups is 2. The number of rotatable bonds is 2. The molecule has 0 N–H and O–H groups in total. The molecule has 6 heteroatoms. The summed E-state index contributed by atoms with van der Waals surface area (Å²) in [5, 5.41) is 0. The van der Waals surface area contributed by atoms with Crippen LogP contribution in [-0.2, 0) is 29.1 Å². The second-order valence-corrected chi connectivity index (χ2v) is 4.26. The predicted octanol–water partition coefficient (Wildman–Crippen LogP) is 2.93. The Labute approximate surface area is 118 Å². The van der Waals surface area contributed by atoms with Crippen molar-refractivity contribution in [1.29, 1.82) is 0 Å². The zero-order valence-electron chi connectivity index (χ0n) is 9.93. The molecule has 0 bridgehead atoms. The van der Waals surface area contributed by atoms with Crippen LogP contribution in [0.5, 0.6) is 0 Å². The molecule has 0 saturated carbocycles. The van der Waals surface area contributed by atoms with Crippen LogP contribution in [-0.4, -0.2) is 10.3 Å². The van der Waals surface area contributed by atoms with Gasteiger partial charge in [-0.3, -0.25) is 0 Å². The summed E-state index contributed by atoms with van der Waals surface area (Å²) in [6, 6.07) is 0. The van der Waals surface area contributed by atoms with Gasteiger partial charge < -0.3 is 23.5 Å². The smallest absolute Gasteiger partial charge is 0 e. The van der Waals surface area contributed by atoms with E-state index in [2.05, 4.69) is 72.0 Å². The number of hydrogen-bond acceptors (Lipinski definition) is 5. The summed E-state index contributed by atoms with van der Waals surface area (Å²) < 4.78 is 0.646. The van der Waals surface area contributed by atoms with Gasteiger partial charge in [-0.15, -0.1) is 0 Å². The molecular weight excluding hydrogens is 284 g/mol. The minimum Gasteiger partial charge on any atom is -0.553 e. The molecule has 0 amide bonds. The van der Waals surface area contributed by atoms with Crippen LogP contribution in [0.3, 0.4) is 0 Å². The normalized spacial score (nSPS) is 8.20. The Kier molecular flexibility index (Phi) is 33.4. The molecule has 3 nitrogen and oxygen atoms in total. The molecule has 0 unspecified atom stereocenters. The average molecular weight is 304 g/mol. The maximum Gasteiger partial charge on any atom is 0 e. The molecule has 0 radical (unpaired) electrons. The van der Waals surface area contributed by atoms with Crippen LogP contribution >= 0.6 is 25.6 Å². The van der Waals surface area contributed by atoms with Gasteiger partial charge in [0.1, 0.15) is 0 Å². The number of carbonyl (C=O) groups excluding carboxylic acids is 1. The number of hydrogen-bond donors (Lipinski definition) is 2. The van der Waals surface area contributed by atoms with E-state index in [1.54, 1.807) is 0 Å². The molecule has 0 aromatic rings. The van der Waals surface area contributed by atoms with Gasteiger partial charge in [0, 0.05) is 19.5 Å². The third kappa shape index (κ3) is 170. The van der Waals surface area contributed by atoms with E-state index in [0.29, 0.717) is 15.7 Å². The van der Waals surface area contributed by atoms with Gasteiger partial charge in [0.25, 0.3) is 0 Å². The maximum absolute atomic E-state index is 9.13. The summed E-state index contributed by atoms with van der Waals surface area (Å²) >= 11 is 6.78. The van der Waals surface area contributed by atoms with E-state index in [-0.39, 0.29) is 19.5 Å². The molecule has 0 aliphatic rings. The van der Waals surface area contributed by atoms with Gasteiger partial charge in [-0.1, -0.05) is 31.6 Å².